The number of carbonyl (C=O) groups excluding carboxylic acids is 1. The van der Waals surface area contributed by atoms with E-state index in [-0.39, 0.29) is 5.91 Å². The van der Waals surface area contributed by atoms with Gasteiger partial charge in [-0.1, -0.05) is 43.3 Å². The molecule has 0 spiro atoms. The van der Waals surface area contributed by atoms with E-state index in [2.05, 4.69) is 18.7 Å². The first-order chi connectivity index (χ1) is 12.5. The first-order valence-electron chi connectivity index (χ1n) is 9.50. The normalized spacial score (nSPS) is 16.5. The molecular weight excluding hydrogens is 322 g/mol. The quantitative estimate of drug-likeness (QED) is 0.853. The third-order valence-electron chi connectivity index (χ3n) is 5.65. The molecule has 1 saturated heterocycles. The van der Waals surface area contributed by atoms with Crippen LogP contribution in [0.5, 0.6) is 0 Å². The molecular formula is C22H29N3O. The summed E-state index contributed by atoms with van der Waals surface area (Å²) in [7, 11) is 0. The van der Waals surface area contributed by atoms with Gasteiger partial charge in [0.1, 0.15) is 0 Å². The van der Waals surface area contributed by atoms with Gasteiger partial charge in [0.2, 0.25) is 0 Å². The summed E-state index contributed by atoms with van der Waals surface area (Å²) in [5.41, 5.74) is 10.7. The monoisotopic (exact) mass is 351 g/mol. The molecule has 0 bridgehead atoms. The van der Waals surface area contributed by atoms with E-state index >= 15 is 0 Å². The molecule has 1 aliphatic rings. The average molecular weight is 351 g/mol. The third-order valence-corrected chi connectivity index (χ3v) is 5.65. The zero-order chi connectivity index (χ0) is 18.7. The molecule has 0 saturated carbocycles. The van der Waals surface area contributed by atoms with E-state index in [1.807, 2.05) is 54.3 Å². The van der Waals surface area contributed by atoms with E-state index in [0.29, 0.717) is 11.7 Å². The van der Waals surface area contributed by atoms with Gasteiger partial charge in [0.15, 0.2) is 0 Å². The van der Waals surface area contributed by atoms with E-state index < -0.39 is 0 Å². The molecule has 1 fully saturated rings. The van der Waals surface area contributed by atoms with Crippen LogP contribution in [0.2, 0.25) is 0 Å². The fourth-order valence-corrected chi connectivity index (χ4v) is 3.62. The summed E-state index contributed by atoms with van der Waals surface area (Å²) in [6.07, 6.45) is 1.14. The molecule has 0 radical (unpaired) electrons. The fourth-order valence-electron chi connectivity index (χ4n) is 3.62. The van der Waals surface area contributed by atoms with Crippen LogP contribution < -0.4 is 5.73 Å². The highest BCUT2D eigenvalue weighted by molar-refractivity contribution is 5.99. The molecule has 1 unspecified atom stereocenters. The van der Waals surface area contributed by atoms with Gasteiger partial charge in [0.25, 0.3) is 5.91 Å². The number of amides is 1. The van der Waals surface area contributed by atoms with Gasteiger partial charge in [-0.3, -0.25) is 9.69 Å². The largest absolute Gasteiger partial charge is 0.398 e. The number of piperazine rings is 1. The minimum absolute atomic E-state index is 0.0950. The third kappa shape index (κ3) is 3.61. The van der Waals surface area contributed by atoms with Crippen molar-refractivity contribution in [3.63, 3.8) is 0 Å². The van der Waals surface area contributed by atoms with Gasteiger partial charge >= 0.3 is 0 Å². The molecule has 2 N–H and O–H groups in total. The Morgan fingerprint density at radius 2 is 1.73 bits per heavy atom. The summed E-state index contributed by atoms with van der Waals surface area (Å²) in [4.78, 5) is 17.4. The van der Waals surface area contributed by atoms with Crippen LogP contribution >= 0.6 is 0 Å². The number of anilines is 1. The lowest BCUT2D eigenvalue weighted by molar-refractivity contribution is 0.0579. The molecule has 4 nitrogen and oxygen atoms in total. The maximum absolute atomic E-state index is 13.0. The van der Waals surface area contributed by atoms with Crippen molar-refractivity contribution in [1.82, 2.24) is 9.80 Å². The Morgan fingerprint density at radius 3 is 2.35 bits per heavy atom. The summed E-state index contributed by atoms with van der Waals surface area (Å²) in [6, 6.07) is 14.6. The smallest absolute Gasteiger partial charge is 0.254 e. The zero-order valence-corrected chi connectivity index (χ0v) is 16.0. The van der Waals surface area contributed by atoms with Gasteiger partial charge in [0, 0.05) is 49.0 Å². The molecule has 138 valence electrons. The van der Waals surface area contributed by atoms with Crippen LogP contribution in [-0.2, 0) is 0 Å². The lowest BCUT2D eigenvalue weighted by Crippen LogP contribution is -2.51. The molecule has 1 atom stereocenters. The maximum atomic E-state index is 13.0. The summed E-state index contributed by atoms with van der Waals surface area (Å²) in [5, 5.41) is 0. The first kappa shape index (κ1) is 18.5. The Bertz CT molecular complexity index is 764. The van der Waals surface area contributed by atoms with Crippen molar-refractivity contribution in [1.29, 1.82) is 0 Å². The van der Waals surface area contributed by atoms with E-state index in [1.54, 1.807) is 0 Å². The lowest BCUT2D eigenvalue weighted by atomic mass is 9.96. The van der Waals surface area contributed by atoms with Crippen molar-refractivity contribution >= 4 is 11.6 Å². The topological polar surface area (TPSA) is 49.6 Å². The fraction of sp³-hybridized carbons (Fsp3) is 0.409. The van der Waals surface area contributed by atoms with Crippen LogP contribution in [0, 0.1) is 6.92 Å². The predicted molar refractivity (Wildman–Crippen MR) is 108 cm³/mol. The second kappa shape index (κ2) is 7.92. The van der Waals surface area contributed by atoms with Crippen LogP contribution in [0.25, 0.3) is 11.1 Å². The second-order valence-corrected chi connectivity index (χ2v) is 7.15. The Balaban J connectivity index is 1.78. The van der Waals surface area contributed by atoms with Crippen molar-refractivity contribution in [3.8, 4) is 11.1 Å². The minimum Gasteiger partial charge on any atom is -0.398 e. The van der Waals surface area contributed by atoms with Gasteiger partial charge in [-0.2, -0.15) is 0 Å². The number of nitrogen functional groups attached to an aromatic ring is 1. The Labute approximate surface area is 156 Å². The zero-order valence-electron chi connectivity index (χ0n) is 16.0. The number of benzene rings is 2. The molecule has 3 rings (SSSR count). The number of hydrogen-bond acceptors (Lipinski definition) is 3. The highest BCUT2D eigenvalue weighted by Crippen LogP contribution is 2.31. The first-order valence-corrected chi connectivity index (χ1v) is 9.50. The van der Waals surface area contributed by atoms with Gasteiger partial charge in [-0.25, -0.2) is 0 Å². The molecule has 2 aromatic rings. The molecule has 4 heteroatoms. The molecule has 0 aliphatic carbocycles. The number of rotatable bonds is 4. The van der Waals surface area contributed by atoms with Crippen molar-refractivity contribution in [2.45, 2.75) is 33.2 Å². The standard InChI is InChI=1S/C22H29N3O/c1-4-16(2)24-12-14-25(15-13-24)22(26)19-10-11-20(21(23)17(19)3)18-8-6-5-7-9-18/h5-11,16H,4,12-15,23H2,1-3H3. The minimum atomic E-state index is 0.0950. The molecule has 1 aliphatic heterocycles. The second-order valence-electron chi connectivity index (χ2n) is 7.15. The van der Waals surface area contributed by atoms with Crippen LogP contribution in [0.15, 0.2) is 42.5 Å². The van der Waals surface area contributed by atoms with Crippen LogP contribution in [-0.4, -0.2) is 47.9 Å². The van der Waals surface area contributed by atoms with Crippen molar-refractivity contribution in [2.24, 2.45) is 0 Å². The highest BCUT2D eigenvalue weighted by Gasteiger charge is 2.25. The van der Waals surface area contributed by atoms with Gasteiger partial charge in [-0.05, 0) is 37.5 Å². The Hall–Kier alpha value is -2.33. The number of nitrogens with two attached hydrogens (primary N) is 1. The van der Waals surface area contributed by atoms with Crippen molar-refractivity contribution < 1.29 is 4.79 Å². The van der Waals surface area contributed by atoms with Crippen molar-refractivity contribution in [3.05, 3.63) is 53.6 Å². The lowest BCUT2D eigenvalue weighted by Gasteiger charge is -2.38. The molecule has 2 aromatic carbocycles. The molecule has 26 heavy (non-hydrogen) atoms. The van der Waals surface area contributed by atoms with Gasteiger partial charge in [0.05, 0.1) is 0 Å². The van der Waals surface area contributed by atoms with Crippen molar-refractivity contribution in [2.75, 3.05) is 31.9 Å². The van der Waals surface area contributed by atoms with E-state index in [9.17, 15) is 4.79 Å². The number of hydrogen-bond donors (Lipinski definition) is 1. The molecule has 1 heterocycles. The van der Waals surface area contributed by atoms with Gasteiger partial charge < -0.3 is 10.6 Å². The summed E-state index contributed by atoms with van der Waals surface area (Å²) < 4.78 is 0. The van der Waals surface area contributed by atoms with Gasteiger partial charge in [-0.15, -0.1) is 0 Å². The predicted octanol–water partition coefficient (Wildman–Crippen LogP) is 3.80. The summed E-state index contributed by atoms with van der Waals surface area (Å²) >= 11 is 0. The van der Waals surface area contributed by atoms with Crippen LogP contribution in [0.3, 0.4) is 0 Å². The average Bonchev–Trinajstić information content (AvgIpc) is 2.69. The van der Waals surface area contributed by atoms with E-state index in [0.717, 1.165) is 54.9 Å². The molecule has 1 amide bonds. The van der Waals surface area contributed by atoms with Crippen LogP contribution in [0.4, 0.5) is 5.69 Å². The summed E-state index contributed by atoms with van der Waals surface area (Å²) in [5.74, 6) is 0.0950. The van der Waals surface area contributed by atoms with E-state index in [4.69, 9.17) is 5.73 Å². The molecule has 0 aromatic heterocycles. The number of carbonyl (C=O) groups is 1. The maximum Gasteiger partial charge on any atom is 0.254 e. The Morgan fingerprint density at radius 1 is 1.08 bits per heavy atom. The SMILES string of the molecule is CCC(C)N1CCN(C(=O)c2ccc(-c3ccccc3)c(N)c2C)CC1. The number of nitrogens with zero attached hydrogens (tertiary/aromatic N) is 2. The van der Waals surface area contributed by atoms with Crippen LogP contribution in [0.1, 0.15) is 36.2 Å². The highest BCUT2D eigenvalue weighted by atomic mass is 16.2. The summed E-state index contributed by atoms with van der Waals surface area (Å²) in [6.45, 7) is 9.86. The van der Waals surface area contributed by atoms with E-state index in [1.165, 1.54) is 0 Å². The Kier molecular flexibility index (Phi) is 5.62.